The summed E-state index contributed by atoms with van der Waals surface area (Å²) in [5.41, 5.74) is 6.69. The molecule has 0 aliphatic rings. The molecule has 0 radical (unpaired) electrons. The number of carbonyl (C=O) groups is 2. The fraction of sp³-hybridized carbons (Fsp3) is 0.222. The van der Waals surface area contributed by atoms with E-state index in [0.717, 1.165) is 6.42 Å². The second-order valence-electron chi connectivity index (χ2n) is 5.00. The van der Waals surface area contributed by atoms with Gasteiger partial charge in [0.15, 0.2) is 12.4 Å². The lowest BCUT2D eigenvalue weighted by Gasteiger charge is -2.08. The molecular formula is C18H18ClNO4. The molecule has 24 heavy (non-hydrogen) atoms. The second-order valence-corrected chi connectivity index (χ2v) is 5.38. The van der Waals surface area contributed by atoms with Crippen LogP contribution in [0.15, 0.2) is 48.5 Å². The molecule has 0 fully saturated rings. The fourth-order valence-corrected chi connectivity index (χ4v) is 2.07. The smallest absolute Gasteiger partial charge is 0.340 e. The summed E-state index contributed by atoms with van der Waals surface area (Å²) in [6.45, 7) is 0.173. The number of Topliss-reactive ketones (excluding diaryl/α,β-unsaturated/α-hetero) is 1. The zero-order valence-electron chi connectivity index (χ0n) is 13.0. The van der Waals surface area contributed by atoms with Crippen molar-refractivity contribution in [1.82, 2.24) is 0 Å². The van der Waals surface area contributed by atoms with Crippen molar-refractivity contribution in [2.45, 2.75) is 6.42 Å². The Morgan fingerprint density at radius 2 is 1.75 bits per heavy atom. The summed E-state index contributed by atoms with van der Waals surface area (Å²) >= 11 is 5.57. The van der Waals surface area contributed by atoms with Gasteiger partial charge in [0.1, 0.15) is 5.75 Å². The Morgan fingerprint density at radius 3 is 2.42 bits per heavy atom. The molecule has 2 rings (SSSR count). The third-order valence-corrected chi connectivity index (χ3v) is 3.51. The molecule has 0 spiro atoms. The molecule has 0 saturated carbocycles. The Kier molecular flexibility index (Phi) is 6.63. The highest BCUT2D eigenvalue weighted by atomic mass is 35.5. The zero-order chi connectivity index (χ0) is 17.4. The predicted octanol–water partition coefficient (Wildman–Crippen LogP) is 3.32. The topological polar surface area (TPSA) is 78.6 Å². The number of nitrogen functional groups attached to an aromatic ring is 1. The van der Waals surface area contributed by atoms with Crippen LogP contribution < -0.4 is 10.5 Å². The van der Waals surface area contributed by atoms with E-state index in [0.29, 0.717) is 29.5 Å². The summed E-state index contributed by atoms with van der Waals surface area (Å²) < 4.78 is 10.5. The molecule has 2 aromatic rings. The lowest BCUT2D eigenvalue weighted by molar-refractivity contribution is 0.0476. The molecule has 2 aromatic carbocycles. The van der Waals surface area contributed by atoms with Crippen LogP contribution in [0.2, 0.25) is 0 Å². The maximum Gasteiger partial charge on any atom is 0.340 e. The van der Waals surface area contributed by atoms with E-state index in [9.17, 15) is 9.59 Å². The Hall–Kier alpha value is -2.53. The van der Waals surface area contributed by atoms with E-state index in [4.69, 9.17) is 26.8 Å². The number of anilines is 1. The van der Waals surface area contributed by atoms with Gasteiger partial charge in [0.25, 0.3) is 0 Å². The number of benzene rings is 2. The van der Waals surface area contributed by atoms with Gasteiger partial charge in [0.05, 0.1) is 12.2 Å². The number of hydrogen-bond acceptors (Lipinski definition) is 5. The standard InChI is InChI=1S/C18H18ClNO4/c19-10-3-11-23-14-8-6-13(7-9-14)17(21)12-24-18(22)15-4-1-2-5-16(15)20/h1-2,4-9H,3,10-12,20H2. The van der Waals surface area contributed by atoms with Crippen LogP contribution >= 0.6 is 11.6 Å². The van der Waals surface area contributed by atoms with Crippen molar-refractivity contribution in [3.05, 3.63) is 59.7 Å². The molecule has 0 aliphatic carbocycles. The van der Waals surface area contributed by atoms with Crippen molar-refractivity contribution in [3.63, 3.8) is 0 Å². The van der Waals surface area contributed by atoms with E-state index in [1.807, 2.05) is 0 Å². The predicted molar refractivity (Wildman–Crippen MR) is 92.7 cm³/mol. The summed E-state index contributed by atoms with van der Waals surface area (Å²) in [6.07, 6.45) is 0.751. The highest BCUT2D eigenvalue weighted by Crippen LogP contribution is 2.14. The maximum absolute atomic E-state index is 12.1. The Balaban J connectivity index is 1.88. The highest BCUT2D eigenvalue weighted by molar-refractivity contribution is 6.17. The van der Waals surface area contributed by atoms with E-state index in [1.54, 1.807) is 48.5 Å². The van der Waals surface area contributed by atoms with Gasteiger partial charge in [-0.2, -0.15) is 0 Å². The Bertz CT molecular complexity index is 700. The third kappa shape index (κ3) is 4.99. The van der Waals surface area contributed by atoms with Gasteiger partial charge in [-0.1, -0.05) is 12.1 Å². The number of carbonyl (C=O) groups excluding carboxylic acids is 2. The summed E-state index contributed by atoms with van der Waals surface area (Å²) in [5.74, 6) is 0.270. The zero-order valence-corrected chi connectivity index (χ0v) is 13.8. The number of ether oxygens (including phenoxy) is 2. The van der Waals surface area contributed by atoms with Crippen LogP contribution in [0.25, 0.3) is 0 Å². The number of nitrogens with two attached hydrogens (primary N) is 1. The van der Waals surface area contributed by atoms with Crippen LogP contribution in [0.4, 0.5) is 5.69 Å². The molecule has 0 aliphatic heterocycles. The van der Waals surface area contributed by atoms with Crippen molar-refractivity contribution in [3.8, 4) is 5.75 Å². The van der Waals surface area contributed by atoms with Crippen molar-refractivity contribution in [1.29, 1.82) is 0 Å². The number of rotatable bonds is 8. The summed E-state index contributed by atoms with van der Waals surface area (Å²) in [4.78, 5) is 24.0. The number of para-hydroxylation sites is 1. The SMILES string of the molecule is Nc1ccccc1C(=O)OCC(=O)c1ccc(OCCCCl)cc1. The van der Waals surface area contributed by atoms with Crippen molar-refractivity contribution in [2.24, 2.45) is 0 Å². The number of hydrogen-bond donors (Lipinski definition) is 1. The molecule has 6 heteroatoms. The van der Waals surface area contributed by atoms with Crippen LogP contribution in [-0.2, 0) is 4.74 Å². The summed E-state index contributed by atoms with van der Waals surface area (Å²) in [5, 5.41) is 0. The summed E-state index contributed by atoms with van der Waals surface area (Å²) in [6, 6.07) is 13.2. The minimum atomic E-state index is -0.623. The first kappa shape index (κ1) is 17.8. The van der Waals surface area contributed by atoms with Gasteiger partial charge in [-0.3, -0.25) is 4.79 Å². The quantitative estimate of drug-likeness (QED) is 0.260. The molecule has 2 N–H and O–H groups in total. The van der Waals surface area contributed by atoms with Gasteiger partial charge in [-0.05, 0) is 42.8 Å². The Morgan fingerprint density at radius 1 is 1.04 bits per heavy atom. The lowest BCUT2D eigenvalue weighted by atomic mass is 10.1. The number of alkyl halides is 1. The molecule has 5 nitrogen and oxygen atoms in total. The highest BCUT2D eigenvalue weighted by Gasteiger charge is 2.13. The normalized spacial score (nSPS) is 10.2. The van der Waals surface area contributed by atoms with E-state index in [-0.39, 0.29) is 18.0 Å². The average molecular weight is 348 g/mol. The van der Waals surface area contributed by atoms with E-state index < -0.39 is 5.97 Å². The van der Waals surface area contributed by atoms with Gasteiger partial charge in [-0.25, -0.2) is 4.79 Å². The maximum atomic E-state index is 12.1. The molecule has 0 aromatic heterocycles. The largest absolute Gasteiger partial charge is 0.494 e. The van der Waals surface area contributed by atoms with Gasteiger partial charge in [0, 0.05) is 17.1 Å². The van der Waals surface area contributed by atoms with Crippen LogP contribution in [-0.4, -0.2) is 30.8 Å². The third-order valence-electron chi connectivity index (χ3n) is 3.24. The van der Waals surface area contributed by atoms with Crippen LogP contribution in [0.5, 0.6) is 5.75 Å². The average Bonchev–Trinajstić information content (AvgIpc) is 2.60. The van der Waals surface area contributed by atoms with Gasteiger partial charge in [-0.15, -0.1) is 11.6 Å². The van der Waals surface area contributed by atoms with Crippen molar-refractivity contribution >= 4 is 29.0 Å². The van der Waals surface area contributed by atoms with Crippen LogP contribution in [0.1, 0.15) is 27.1 Å². The molecule has 0 amide bonds. The molecule has 0 heterocycles. The first-order valence-corrected chi connectivity index (χ1v) is 7.99. The van der Waals surface area contributed by atoms with E-state index in [2.05, 4.69) is 0 Å². The monoisotopic (exact) mass is 347 g/mol. The lowest BCUT2D eigenvalue weighted by Crippen LogP contribution is -2.15. The van der Waals surface area contributed by atoms with Crippen LogP contribution in [0, 0.1) is 0 Å². The molecule has 126 valence electrons. The minimum absolute atomic E-state index is 0.244. The summed E-state index contributed by atoms with van der Waals surface area (Å²) in [7, 11) is 0. The molecule has 0 unspecified atom stereocenters. The first-order chi connectivity index (χ1) is 11.6. The molecule has 0 bridgehead atoms. The van der Waals surface area contributed by atoms with Crippen LogP contribution in [0.3, 0.4) is 0 Å². The second kappa shape index (κ2) is 8.93. The molecule has 0 atom stereocenters. The van der Waals surface area contributed by atoms with Crippen molar-refractivity contribution in [2.75, 3.05) is 24.8 Å². The number of halogens is 1. The van der Waals surface area contributed by atoms with E-state index in [1.165, 1.54) is 0 Å². The molecule has 0 saturated heterocycles. The first-order valence-electron chi connectivity index (χ1n) is 7.45. The van der Waals surface area contributed by atoms with Gasteiger partial charge in [0.2, 0.25) is 0 Å². The van der Waals surface area contributed by atoms with Gasteiger partial charge >= 0.3 is 5.97 Å². The Labute approximate surface area is 145 Å². The minimum Gasteiger partial charge on any atom is -0.494 e. The number of ketones is 1. The molecular weight excluding hydrogens is 330 g/mol. The van der Waals surface area contributed by atoms with E-state index >= 15 is 0 Å². The number of esters is 1. The fourth-order valence-electron chi connectivity index (χ4n) is 1.96. The van der Waals surface area contributed by atoms with Gasteiger partial charge < -0.3 is 15.2 Å². The van der Waals surface area contributed by atoms with Crippen molar-refractivity contribution < 1.29 is 19.1 Å².